The van der Waals surface area contributed by atoms with Crippen LogP contribution in [0.4, 0.5) is 13.2 Å². The minimum atomic E-state index is -3.29. The van der Waals surface area contributed by atoms with Crippen LogP contribution in [0.1, 0.15) is 25.3 Å². The molecule has 0 radical (unpaired) electrons. The summed E-state index contributed by atoms with van der Waals surface area (Å²) < 4.78 is 51.9. The monoisotopic (exact) mass is 570 g/mol. The highest BCUT2D eigenvalue weighted by atomic mass is 127. The van der Waals surface area contributed by atoms with Gasteiger partial charge in [0, 0.05) is 31.1 Å². The zero-order chi connectivity index (χ0) is 22.9. The van der Waals surface area contributed by atoms with Gasteiger partial charge < -0.3 is 19.1 Å². The number of likely N-dealkylation sites (tertiary alicyclic amines) is 1. The highest BCUT2D eigenvalue weighted by Crippen LogP contribution is 2.34. The van der Waals surface area contributed by atoms with Gasteiger partial charge in [0.1, 0.15) is 18.2 Å². The Kier molecular flexibility index (Phi) is 7.41. The molecule has 3 heterocycles. The zero-order valence-electron chi connectivity index (χ0n) is 17.1. The number of aromatic nitrogens is 2. The third-order valence-electron chi connectivity index (χ3n) is 5.25. The molecular formula is C19H22F3IN4O3S. The van der Waals surface area contributed by atoms with Crippen LogP contribution in [0.2, 0.25) is 0 Å². The van der Waals surface area contributed by atoms with Crippen molar-refractivity contribution in [2.75, 3.05) is 26.7 Å². The molecule has 0 spiro atoms. The summed E-state index contributed by atoms with van der Waals surface area (Å²) in [4.78, 5) is 20.1. The van der Waals surface area contributed by atoms with Crippen molar-refractivity contribution in [1.82, 2.24) is 19.9 Å². The molecule has 7 nitrogen and oxygen atoms in total. The summed E-state index contributed by atoms with van der Waals surface area (Å²) in [5.74, 6) is -4.80. The van der Waals surface area contributed by atoms with Crippen LogP contribution in [-0.2, 0) is 17.3 Å². The number of ether oxygens (including phenoxy) is 1. The van der Waals surface area contributed by atoms with E-state index in [1.165, 1.54) is 6.07 Å². The fraction of sp³-hybridized carbons (Fsp3) is 0.526. The number of carbonyl (C=O) groups is 1. The topological polar surface area (TPSA) is 71.7 Å². The van der Waals surface area contributed by atoms with E-state index in [-0.39, 0.29) is 53.7 Å². The Hall–Kier alpha value is -1.54. The van der Waals surface area contributed by atoms with Crippen molar-refractivity contribution < 1.29 is 27.2 Å². The number of halogens is 4. The van der Waals surface area contributed by atoms with E-state index in [0.717, 1.165) is 6.07 Å². The van der Waals surface area contributed by atoms with Crippen molar-refractivity contribution in [2.45, 2.75) is 32.4 Å². The van der Waals surface area contributed by atoms with Crippen LogP contribution in [0.25, 0.3) is 11.4 Å². The molecule has 2 aromatic rings. The van der Waals surface area contributed by atoms with Crippen LogP contribution in [0, 0.1) is 11.7 Å². The van der Waals surface area contributed by atoms with Gasteiger partial charge in [-0.15, -0.1) is 9.80 Å². The van der Waals surface area contributed by atoms with Crippen LogP contribution in [0.15, 0.2) is 16.7 Å². The molecule has 2 aliphatic heterocycles. The van der Waals surface area contributed by atoms with E-state index in [1.54, 1.807) is 4.90 Å². The molecule has 1 fully saturated rings. The van der Waals surface area contributed by atoms with Crippen molar-refractivity contribution in [3.8, 4) is 17.1 Å². The van der Waals surface area contributed by atoms with Gasteiger partial charge in [-0.2, -0.15) is 13.8 Å². The zero-order valence-corrected chi connectivity index (χ0v) is 20.2. The van der Waals surface area contributed by atoms with E-state index in [0.29, 0.717) is 20.0 Å². The molecular weight excluding hydrogens is 548 g/mol. The first kappa shape index (κ1) is 24.1. The molecule has 1 aromatic heterocycles. The average Bonchev–Trinajstić information content (AvgIpc) is 3.14. The maximum atomic E-state index is 14.9. The molecule has 1 aromatic carbocycles. The Morgan fingerprint density at radius 2 is 2.00 bits per heavy atom. The van der Waals surface area contributed by atoms with Gasteiger partial charge in [-0.25, -0.2) is 4.39 Å². The predicted octanol–water partition coefficient (Wildman–Crippen LogP) is 3.92. The summed E-state index contributed by atoms with van der Waals surface area (Å²) in [5, 5.41) is 3.52. The lowest BCUT2D eigenvalue weighted by Crippen LogP contribution is -2.54. The summed E-state index contributed by atoms with van der Waals surface area (Å²) >= 11 is 1.84. The maximum absolute atomic E-state index is 14.9. The van der Waals surface area contributed by atoms with Crippen LogP contribution in [0.5, 0.6) is 5.75 Å². The van der Waals surface area contributed by atoms with E-state index >= 15 is 0 Å². The van der Waals surface area contributed by atoms with Crippen molar-refractivity contribution in [1.29, 1.82) is 0 Å². The lowest BCUT2D eigenvalue weighted by Gasteiger charge is -2.39. The molecule has 31 heavy (non-hydrogen) atoms. The van der Waals surface area contributed by atoms with Crippen LogP contribution in [-0.4, -0.2) is 58.6 Å². The molecule has 0 unspecified atom stereocenters. The highest BCUT2D eigenvalue weighted by Gasteiger charge is 2.37. The van der Waals surface area contributed by atoms with Gasteiger partial charge in [-0.1, -0.05) is 5.16 Å². The molecule has 0 saturated carbocycles. The third-order valence-corrected chi connectivity index (χ3v) is 5.25. The third kappa shape index (κ3) is 5.11. The molecule has 1 amide bonds. The summed E-state index contributed by atoms with van der Waals surface area (Å²) in [6, 6.07) is 2.39. The lowest BCUT2D eigenvalue weighted by molar-refractivity contribution is -0.143. The number of thiol groups is 1. The van der Waals surface area contributed by atoms with E-state index in [9.17, 15) is 18.0 Å². The fourth-order valence-corrected chi connectivity index (χ4v) is 3.55. The highest BCUT2D eigenvalue weighted by molar-refractivity contribution is 14.2. The van der Waals surface area contributed by atoms with Gasteiger partial charge in [0.2, 0.25) is 11.7 Å². The quantitative estimate of drug-likeness (QED) is 0.446. The Morgan fingerprint density at radius 3 is 2.58 bits per heavy atom. The van der Waals surface area contributed by atoms with Gasteiger partial charge in [0.15, 0.2) is 0 Å². The van der Waals surface area contributed by atoms with Crippen molar-refractivity contribution in [3.63, 3.8) is 0 Å². The van der Waals surface area contributed by atoms with Gasteiger partial charge in [-0.05, 0) is 47.3 Å². The Labute approximate surface area is 195 Å². The number of alkyl halides is 2. The molecule has 0 aliphatic carbocycles. The Bertz CT molecular complexity index is 950. The number of carbonyl (C=O) groups excluding carboxylic acids is 1. The first-order valence-corrected chi connectivity index (χ1v) is 12.7. The molecule has 0 N–H and O–H groups in total. The number of hydrogen-bond acceptors (Lipinski definition) is 7. The molecule has 170 valence electrons. The number of rotatable bonds is 3. The maximum Gasteiger partial charge on any atom is 0.322 e. The second kappa shape index (κ2) is 9.53. The van der Waals surface area contributed by atoms with Crippen molar-refractivity contribution in [3.05, 3.63) is 29.4 Å². The van der Waals surface area contributed by atoms with Gasteiger partial charge >= 0.3 is 5.92 Å². The van der Waals surface area contributed by atoms with Crippen LogP contribution < -0.4 is 4.74 Å². The second-order valence-electron chi connectivity index (χ2n) is 7.79. The van der Waals surface area contributed by atoms with Gasteiger partial charge in [-0.3, -0.25) is 4.79 Å². The number of nitrogens with zero attached hydrogens (tertiary/aromatic N) is 4. The number of amides is 1. The summed E-state index contributed by atoms with van der Waals surface area (Å²) in [6.45, 7) is 4.11. The predicted molar refractivity (Wildman–Crippen MR) is 119 cm³/mol. The van der Waals surface area contributed by atoms with Crippen molar-refractivity contribution in [2.24, 2.45) is 5.92 Å². The standard InChI is InChI=1S/C19H21F3N4O3.HIS/c1-10-9-28-15-5-11(16-23-18(29-24-16)19(2,21)22)4-14(20)13(15)8-26(10)17(27)12-6-25(3)7-12;1-2/h4-5,10,12H,6-9H2,1-3H3;2H/t10-;/m0./s1. The van der Waals surface area contributed by atoms with Gasteiger partial charge in [0.25, 0.3) is 5.89 Å². The summed E-state index contributed by atoms with van der Waals surface area (Å²) in [6.07, 6.45) is 0. The molecule has 1 saturated heterocycles. The smallest absolute Gasteiger partial charge is 0.322 e. The molecule has 0 bridgehead atoms. The SMILES string of the molecule is C[C@H]1COc2cc(-c3noc(C(C)(F)F)n3)cc(F)c2CN1C(=O)C1CN(C)C1.SI. The Morgan fingerprint density at radius 1 is 1.32 bits per heavy atom. The summed E-state index contributed by atoms with van der Waals surface area (Å²) in [7, 11) is 5.44. The average molecular weight is 570 g/mol. The molecule has 4 rings (SSSR count). The second-order valence-corrected chi connectivity index (χ2v) is 7.79. The molecule has 12 heteroatoms. The largest absolute Gasteiger partial charge is 0.491 e. The first-order valence-electron chi connectivity index (χ1n) is 9.47. The van der Waals surface area contributed by atoms with E-state index in [2.05, 4.69) is 24.5 Å². The van der Waals surface area contributed by atoms with Crippen molar-refractivity contribution >= 4 is 36.9 Å². The molecule has 2 aliphatic rings. The fourth-order valence-electron chi connectivity index (χ4n) is 3.55. The minimum Gasteiger partial charge on any atom is -0.491 e. The summed E-state index contributed by atoms with van der Waals surface area (Å²) in [5.41, 5.74) is 0.400. The van der Waals surface area contributed by atoms with Crippen LogP contribution in [0.3, 0.4) is 0 Å². The number of fused-ring (bicyclic) bond motifs is 1. The molecule has 1 atom stereocenters. The van der Waals surface area contributed by atoms with Crippen LogP contribution >= 0.6 is 31.0 Å². The minimum absolute atomic E-state index is 0.0245. The lowest BCUT2D eigenvalue weighted by atomic mass is 9.98. The Balaban J connectivity index is 0.00000132. The van der Waals surface area contributed by atoms with E-state index in [1.807, 2.05) is 40.1 Å². The van der Waals surface area contributed by atoms with E-state index < -0.39 is 17.6 Å². The first-order chi connectivity index (χ1) is 14.6. The van der Waals surface area contributed by atoms with Gasteiger partial charge in [0.05, 0.1) is 18.5 Å². The normalized spacial score (nSPS) is 19.5. The number of benzene rings is 1. The number of hydrogen-bond donors (Lipinski definition) is 1. The van der Waals surface area contributed by atoms with E-state index in [4.69, 9.17) is 4.74 Å².